The van der Waals surface area contributed by atoms with E-state index in [0.29, 0.717) is 18.7 Å². The molecular formula is C14H20ClN5O3S. The SMILES string of the molecule is Cl.Cn1cnc(S(=O)(=O)NCC(=O)NCCc2ccc(N)cc2)c1. The van der Waals surface area contributed by atoms with Gasteiger partial charge in [-0.2, -0.15) is 0 Å². The predicted octanol–water partition coefficient (Wildman–Crippen LogP) is 0.0613. The van der Waals surface area contributed by atoms with Crippen molar-refractivity contribution in [1.82, 2.24) is 19.6 Å². The first-order valence-electron chi connectivity index (χ1n) is 6.95. The van der Waals surface area contributed by atoms with Crippen molar-refractivity contribution in [2.75, 3.05) is 18.8 Å². The molecule has 0 bridgehead atoms. The van der Waals surface area contributed by atoms with Gasteiger partial charge < -0.3 is 15.6 Å². The summed E-state index contributed by atoms with van der Waals surface area (Å²) in [6, 6.07) is 7.34. The van der Waals surface area contributed by atoms with Gasteiger partial charge in [0, 0.05) is 25.5 Å². The van der Waals surface area contributed by atoms with Crippen molar-refractivity contribution in [3.63, 3.8) is 0 Å². The Morgan fingerprint density at radius 1 is 1.29 bits per heavy atom. The van der Waals surface area contributed by atoms with Crippen LogP contribution in [0.25, 0.3) is 0 Å². The quantitative estimate of drug-likeness (QED) is 0.593. The Kier molecular flexibility index (Phi) is 7.20. The van der Waals surface area contributed by atoms with E-state index in [1.54, 1.807) is 19.2 Å². The monoisotopic (exact) mass is 373 g/mol. The molecule has 1 aromatic carbocycles. The van der Waals surface area contributed by atoms with Crippen molar-refractivity contribution in [3.05, 3.63) is 42.4 Å². The average molecular weight is 374 g/mol. The van der Waals surface area contributed by atoms with Crippen LogP contribution in [0.2, 0.25) is 0 Å². The highest BCUT2D eigenvalue weighted by molar-refractivity contribution is 7.89. The van der Waals surface area contributed by atoms with Crippen molar-refractivity contribution in [3.8, 4) is 0 Å². The minimum Gasteiger partial charge on any atom is -0.399 e. The molecule has 2 rings (SSSR count). The highest BCUT2D eigenvalue weighted by atomic mass is 35.5. The van der Waals surface area contributed by atoms with Gasteiger partial charge in [-0.05, 0) is 24.1 Å². The number of carbonyl (C=O) groups is 1. The number of aryl methyl sites for hydroxylation is 1. The van der Waals surface area contributed by atoms with Gasteiger partial charge >= 0.3 is 0 Å². The lowest BCUT2D eigenvalue weighted by Crippen LogP contribution is -2.37. The molecule has 0 radical (unpaired) electrons. The number of rotatable bonds is 7. The maximum Gasteiger partial charge on any atom is 0.260 e. The molecule has 0 unspecified atom stereocenters. The number of hydrogen-bond donors (Lipinski definition) is 3. The fourth-order valence-corrected chi connectivity index (χ4v) is 2.82. The summed E-state index contributed by atoms with van der Waals surface area (Å²) in [4.78, 5) is 15.4. The van der Waals surface area contributed by atoms with Crippen LogP contribution in [0.15, 0.2) is 41.8 Å². The molecule has 0 fully saturated rings. The number of anilines is 1. The number of nitrogens with two attached hydrogens (primary N) is 1. The summed E-state index contributed by atoms with van der Waals surface area (Å²) in [6.07, 6.45) is 3.38. The van der Waals surface area contributed by atoms with Gasteiger partial charge in [0.1, 0.15) is 0 Å². The average Bonchev–Trinajstić information content (AvgIpc) is 2.95. The Morgan fingerprint density at radius 3 is 2.54 bits per heavy atom. The minimum absolute atomic E-state index is 0. The van der Waals surface area contributed by atoms with E-state index in [4.69, 9.17) is 5.73 Å². The molecule has 1 heterocycles. The number of halogens is 1. The number of nitrogens with one attached hydrogen (secondary N) is 2. The van der Waals surface area contributed by atoms with E-state index < -0.39 is 15.9 Å². The van der Waals surface area contributed by atoms with E-state index >= 15 is 0 Å². The van der Waals surface area contributed by atoms with Crippen LogP contribution in [-0.4, -0.2) is 37.0 Å². The van der Waals surface area contributed by atoms with Gasteiger partial charge in [0.2, 0.25) is 5.91 Å². The van der Waals surface area contributed by atoms with Crippen molar-refractivity contribution >= 4 is 34.0 Å². The Balaban J connectivity index is 0.00000288. The molecular weight excluding hydrogens is 354 g/mol. The van der Waals surface area contributed by atoms with Gasteiger partial charge in [-0.15, -0.1) is 12.4 Å². The Morgan fingerprint density at radius 2 is 1.96 bits per heavy atom. The van der Waals surface area contributed by atoms with E-state index in [9.17, 15) is 13.2 Å². The highest BCUT2D eigenvalue weighted by Gasteiger charge is 2.17. The van der Waals surface area contributed by atoms with Crippen LogP contribution in [0.5, 0.6) is 0 Å². The first-order valence-corrected chi connectivity index (χ1v) is 8.44. The topological polar surface area (TPSA) is 119 Å². The van der Waals surface area contributed by atoms with Gasteiger partial charge in [0.25, 0.3) is 10.0 Å². The van der Waals surface area contributed by atoms with Crippen LogP contribution in [0.4, 0.5) is 5.69 Å². The fourth-order valence-electron chi connectivity index (χ4n) is 1.86. The minimum atomic E-state index is -3.77. The molecule has 8 nitrogen and oxygen atoms in total. The smallest absolute Gasteiger partial charge is 0.260 e. The van der Waals surface area contributed by atoms with Crippen LogP contribution in [0.3, 0.4) is 0 Å². The van der Waals surface area contributed by atoms with Gasteiger partial charge in [-0.25, -0.2) is 18.1 Å². The largest absolute Gasteiger partial charge is 0.399 e. The number of carbonyl (C=O) groups excluding carboxylic acids is 1. The van der Waals surface area contributed by atoms with Gasteiger partial charge in [0.05, 0.1) is 12.9 Å². The van der Waals surface area contributed by atoms with Crippen LogP contribution < -0.4 is 15.8 Å². The van der Waals surface area contributed by atoms with Gasteiger partial charge in [-0.3, -0.25) is 4.79 Å². The number of aromatic nitrogens is 2. The molecule has 24 heavy (non-hydrogen) atoms. The van der Waals surface area contributed by atoms with E-state index in [1.165, 1.54) is 17.1 Å². The second kappa shape index (κ2) is 8.67. The summed E-state index contributed by atoms with van der Waals surface area (Å²) in [6.45, 7) is 0.0781. The van der Waals surface area contributed by atoms with Gasteiger partial charge in [-0.1, -0.05) is 12.1 Å². The molecule has 1 aromatic heterocycles. The van der Waals surface area contributed by atoms with Crippen LogP contribution in [0, 0.1) is 0 Å². The molecule has 0 aliphatic rings. The molecule has 10 heteroatoms. The molecule has 0 aliphatic carbocycles. The first-order chi connectivity index (χ1) is 10.9. The molecule has 0 aliphatic heterocycles. The lowest BCUT2D eigenvalue weighted by atomic mass is 10.1. The zero-order chi connectivity index (χ0) is 16.9. The Hall–Kier alpha value is -2.10. The van der Waals surface area contributed by atoms with Crippen molar-refractivity contribution < 1.29 is 13.2 Å². The summed E-state index contributed by atoms with van der Waals surface area (Å²) in [7, 11) is -2.11. The number of benzene rings is 1. The van der Waals surface area contributed by atoms with E-state index in [-0.39, 0.29) is 24.0 Å². The number of sulfonamides is 1. The molecule has 4 N–H and O–H groups in total. The van der Waals surface area contributed by atoms with Crippen LogP contribution in [0.1, 0.15) is 5.56 Å². The maximum atomic E-state index is 11.9. The number of imidazole rings is 1. The lowest BCUT2D eigenvalue weighted by molar-refractivity contribution is -0.119. The third-order valence-corrected chi connectivity index (χ3v) is 4.38. The third-order valence-electron chi connectivity index (χ3n) is 3.09. The second-order valence-electron chi connectivity index (χ2n) is 5.04. The fraction of sp³-hybridized carbons (Fsp3) is 0.286. The normalized spacial score (nSPS) is 10.9. The molecule has 0 saturated heterocycles. The van der Waals surface area contributed by atoms with Crippen molar-refractivity contribution in [2.45, 2.75) is 11.4 Å². The van der Waals surface area contributed by atoms with Crippen molar-refractivity contribution in [2.24, 2.45) is 7.05 Å². The van der Waals surface area contributed by atoms with E-state index in [0.717, 1.165) is 5.56 Å². The number of nitrogens with zero attached hydrogens (tertiary/aromatic N) is 2. The molecule has 0 atom stereocenters. The van der Waals surface area contributed by atoms with Crippen molar-refractivity contribution in [1.29, 1.82) is 0 Å². The molecule has 0 spiro atoms. The summed E-state index contributed by atoms with van der Waals surface area (Å²) < 4.78 is 27.5. The zero-order valence-electron chi connectivity index (χ0n) is 13.1. The summed E-state index contributed by atoms with van der Waals surface area (Å²) in [5.41, 5.74) is 7.31. The number of nitrogen functional groups attached to an aromatic ring is 1. The van der Waals surface area contributed by atoms with Crippen LogP contribution in [-0.2, 0) is 28.3 Å². The molecule has 0 saturated carbocycles. The van der Waals surface area contributed by atoms with Gasteiger partial charge in [0.15, 0.2) is 5.03 Å². The zero-order valence-corrected chi connectivity index (χ0v) is 14.7. The maximum absolute atomic E-state index is 11.9. The third kappa shape index (κ3) is 5.84. The Labute approximate surface area is 146 Å². The summed E-state index contributed by atoms with van der Waals surface area (Å²) in [5.74, 6) is -0.403. The first kappa shape index (κ1) is 19.9. The van der Waals surface area contributed by atoms with E-state index in [2.05, 4.69) is 15.0 Å². The van der Waals surface area contributed by atoms with Crippen LogP contribution >= 0.6 is 12.4 Å². The second-order valence-corrected chi connectivity index (χ2v) is 6.76. The molecule has 132 valence electrons. The summed E-state index contributed by atoms with van der Waals surface area (Å²) >= 11 is 0. The number of hydrogen-bond acceptors (Lipinski definition) is 5. The summed E-state index contributed by atoms with van der Waals surface area (Å²) in [5, 5.41) is 2.54. The predicted molar refractivity (Wildman–Crippen MR) is 93.2 cm³/mol. The van der Waals surface area contributed by atoms with E-state index in [1.807, 2.05) is 12.1 Å². The Bertz CT molecular complexity index is 774. The number of amides is 1. The lowest BCUT2D eigenvalue weighted by Gasteiger charge is -2.07. The molecule has 1 amide bonds. The molecule has 2 aromatic rings. The highest BCUT2D eigenvalue weighted by Crippen LogP contribution is 2.05. The standard InChI is InChI=1S/C14H19N5O3S.ClH/c1-19-9-14(17-10-19)23(21,22)18-8-13(20)16-7-6-11-2-4-12(15)5-3-11;/h2-5,9-10,18H,6-8,15H2,1H3,(H,16,20);1H.